The van der Waals surface area contributed by atoms with Gasteiger partial charge in [0.1, 0.15) is 0 Å². The molecular weight excluding hydrogens is 398 g/mol. The van der Waals surface area contributed by atoms with Gasteiger partial charge in [0.15, 0.2) is 0 Å². The number of amides is 3. The van der Waals surface area contributed by atoms with Gasteiger partial charge in [-0.1, -0.05) is 18.2 Å². The van der Waals surface area contributed by atoms with Crippen molar-refractivity contribution in [1.82, 2.24) is 9.80 Å². The summed E-state index contributed by atoms with van der Waals surface area (Å²) >= 11 is 1.45. The predicted octanol–water partition coefficient (Wildman–Crippen LogP) is 3.18. The molecule has 0 bridgehead atoms. The van der Waals surface area contributed by atoms with Gasteiger partial charge in [-0.25, -0.2) is 0 Å². The Kier molecular flexibility index (Phi) is 6.09. The molecule has 0 spiro atoms. The van der Waals surface area contributed by atoms with Crippen LogP contribution in [0.1, 0.15) is 54.3 Å². The molecule has 1 aromatic carbocycles. The van der Waals surface area contributed by atoms with Crippen LogP contribution < -0.4 is 5.73 Å². The van der Waals surface area contributed by atoms with Gasteiger partial charge >= 0.3 is 0 Å². The molecule has 7 heteroatoms. The lowest BCUT2D eigenvalue weighted by Crippen LogP contribution is -2.50. The number of piperidine rings is 2. The first-order valence-corrected chi connectivity index (χ1v) is 11.6. The van der Waals surface area contributed by atoms with Crippen molar-refractivity contribution < 1.29 is 14.4 Å². The first-order valence-electron chi connectivity index (χ1n) is 10.8. The zero-order valence-electron chi connectivity index (χ0n) is 17.4. The Morgan fingerprint density at radius 3 is 2.50 bits per heavy atom. The summed E-state index contributed by atoms with van der Waals surface area (Å²) in [6.07, 6.45) is 5.18. The maximum atomic E-state index is 13.4. The number of rotatable bonds is 4. The van der Waals surface area contributed by atoms with Gasteiger partial charge in [-0.2, -0.15) is 0 Å². The van der Waals surface area contributed by atoms with Crippen LogP contribution in [0.2, 0.25) is 0 Å². The first-order chi connectivity index (χ1) is 14.5. The van der Waals surface area contributed by atoms with E-state index in [0.717, 1.165) is 54.3 Å². The van der Waals surface area contributed by atoms with Crippen molar-refractivity contribution in [3.8, 4) is 0 Å². The zero-order valence-corrected chi connectivity index (χ0v) is 18.2. The minimum absolute atomic E-state index is 0.0176. The Morgan fingerprint density at radius 1 is 1.07 bits per heavy atom. The summed E-state index contributed by atoms with van der Waals surface area (Å²) in [5.41, 5.74) is 6.68. The van der Waals surface area contributed by atoms with Crippen molar-refractivity contribution in [1.29, 1.82) is 0 Å². The lowest BCUT2D eigenvalue weighted by atomic mass is 9.90. The fraction of sp³-hybridized carbons (Fsp3) is 0.522. The molecule has 160 valence electrons. The van der Waals surface area contributed by atoms with Crippen LogP contribution >= 0.6 is 11.3 Å². The van der Waals surface area contributed by atoms with E-state index in [1.807, 2.05) is 29.2 Å². The maximum absolute atomic E-state index is 13.4. The molecule has 2 aromatic rings. The zero-order chi connectivity index (χ0) is 21.3. The number of carbonyl (C=O) groups excluding carboxylic acids is 3. The van der Waals surface area contributed by atoms with E-state index < -0.39 is 5.91 Å². The molecule has 4 rings (SSSR count). The molecule has 0 unspecified atom stereocenters. The third kappa shape index (κ3) is 4.08. The molecule has 2 aliphatic rings. The van der Waals surface area contributed by atoms with E-state index in [-0.39, 0.29) is 23.8 Å². The highest BCUT2D eigenvalue weighted by molar-refractivity contribution is 7.21. The molecule has 0 radical (unpaired) electrons. The van der Waals surface area contributed by atoms with Crippen LogP contribution in [0, 0.1) is 5.92 Å². The molecule has 30 heavy (non-hydrogen) atoms. The number of nitrogens with two attached hydrogens (primary N) is 1. The average Bonchev–Trinajstić information content (AvgIpc) is 3.12. The molecule has 2 fully saturated rings. The Bertz CT molecular complexity index is 962. The Morgan fingerprint density at radius 2 is 1.80 bits per heavy atom. The van der Waals surface area contributed by atoms with Crippen LogP contribution in [0.5, 0.6) is 0 Å². The fourth-order valence-corrected chi connectivity index (χ4v) is 6.00. The SMILES string of the molecule is CC(=O)N1CCC(C(=O)N2CCCC[C@@H]2Cc2c(C(N)=O)sc3ccccc23)CC1. The van der Waals surface area contributed by atoms with E-state index in [0.29, 0.717) is 24.4 Å². The smallest absolute Gasteiger partial charge is 0.259 e. The topological polar surface area (TPSA) is 83.7 Å². The molecule has 1 aromatic heterocycles. The van der Waals surface area contributed by atoms with E-state index in [1.54, 1.807) is 6.92 Å². The quantitative estimate of drug-likeness (QED) is 0.813. The van der Waals surface area contributed by atoms with Gasteiger partial charge in [0.05, 0.1) is 4.88 Å². The minimum atomic E-state index is -0.392. The molecule has 6 nitrogen and oxygen atoms in total. The second kappa shape index (κ2) is 8.76. The number of primary amides is 1. The van der Waals surface area contributed by atoms with Crippen molar-refractivity contribution in [3.63, 3.8) is 0 Å². The predicted molar refractivity (Wildman–Crippen MR) is 118 cm³/mol. The Hall–Kier alpha value is -2.41. The van der Waals surface area contributed by atoms with Crippen LogP contribution in [0.3, 0.4) is 0 Å². The molecule has 1 atom stereocenters. The number of thiophene rings is 1. The fourth-order valence-electron chi connectivity index (χ4n) is 4.91. The maximum Gasteiger partial charge on any atom is 0.259 e. The highest BCUT2D eigenvalue weighted by atomic mass is 32.1. The van der Waals surface area contributed by atoms with Crippen molar-refractivity contribution in [2.24, 2.45) is 11.7 Å². The third-order valence-electron chi connectivity index (χ3n) is 6.56. The normalized spacial score (nSPS) is 20.5. The summed E-state index contributed by atoms with van der Waals surface area (Å²) in [5, 5.41) is 1.07. The van der Waals surface area contributed by atoms with Crippen molar-refractivity contribution in [2.45, 2.75) is 51.5 Å². The Balaban J connectivity index is 1.54. The second-order valence-corrected chi connectivity index (χ2v) is 9.49. The third-order valence-corrected chi connectivity index (χ3v) is 7.79. The van der Waals surface area contributed by atoms with Gasteiger partial charge in [0.2, 0.25) is 11.8 Å². The van der Waals surface area contributed by atoms with Crippen molar-refractivity contribution in [3.05, 3.63) is 34.7 Å². The number of likely N-dealkylation sites (tertiary alicyclic amines) is 2. The monoisotopic (exact) mass is 427 g/mol. The number of hydrogen-bond donors (Lipinski definition) is 1. The van der Waals surface area contributed by atoms with Gasteiger partial charge < -0.3 is 15.5 Å². The lowest BCUT2D eigenvalue weighted by molar-refractivity contribution is -0.143. The molecule has 2 saturated heterocycles. The van der Waals surface area contributed by atoms with Crippen LogP contribution in [0.15, 0.2) is 24.3 Å². The number of nitrogens with zero attached hydrogens (tertiary/aromatic N) is 2. The van der Waals surface area contributed by atoms with E-state index in [9.17, 15) is 14.4 Å². The van der Waals surface area contributed by atoms with Crippen LogP contribution in [0.4, 0.5) is 0 Å². The van der Waals surface area contributed by atoms with Crippen molar-refractivity contribution >= 4 is 39.1 Å². The summed E-state index contributed by atoms with van der Waals surface area (Å²) in [7, 11) is 0. The van der Waals surface area contributed by atoms with Gasteiger partial charge in [-0.15, -0.1) is 11.3 Å². The van der Waals surface area contributed by atoms with Gasteiger partial charge in [0.25, 0.3) is 5.91 Å². The number of hydrogen-bond acceptors (Lipinski definition) is 4. The lowest BCUT2D eigenvalue weighted by Gasteiger charge is -2.40. The summed E-state index contributed by atoms with van der Waals surface area (Å²) in [5.74, 6) is -0.115. The molecule has 0 saturated carbocycles. The number of fused-ring (bicyclic) bond motifs is 1. The number of carbonyl (C=O) groups is 3. The molecule has 0 aliphatic carbocycles. The summed E-state index contributed by atoms with van der Waals surface area (Å²) in [4.78, 5) is 41.6. The first kappa shape index (κ1) is 20.8. The van der Waals surface area contributed by atoms with E-state index in [4.69, 9.17) is 5.73 Å². The van der Waals surface area contributed by atoms with Gasteiger partial charge in [-0.05, 0) is 55.5 Å². The van der Waals surface area contributed by atoms with Gasteiger partial charge in [-0.3, -0.25) is 14.4 Å². The summed E-state index contributed by atoms with van der Waals surface area (Å²) in [6.45, 7) is 3.67. The molecular formula is C23H29N3O3S. The second-order valence-electron chi connectivity index (χ2n) is 8.44. The molecule has 2 aliphatic heterocycles. The molecule has 3 heterocycles. The van der Waals surface area contributed by atoms with Crippen molar-refractivity contribution in [2.75, 3.05) is 19.6 Å². The summed E-state index contributed by atoms with van der Waals surface area (Å²) in [6, 6.07) is 8.10. The molecule has 3 amide bonds. The average molecular weight is 428 g/mol. The van der Waals surface area contributed by atoms with Crippen LogP contribution in [-0.4, -0.2) is 53.2 Å². The standard InChI is InChI=1S/C23H29N3O3S/c1-15(27)25-12-9-16(10-13-25)23(29)26-11-5-4-6-17(26)14-19-18-7-2-3-8-20(18)30-21(19)22(24)28/h2-3,7-8,16-17H,4-6,9-14H2,1H3,(H2,24,28)/t17-/m1/s1. The summed E-state index contributed by atoms with van der Waals surface area (Å²) < 4.78 is 1.06. The van der Waals surface area contributed by atoms with E-state index in [2.05, 4.69) is 4.90 Å². The van der Waals surface area contributed by atoms with Crippen LogP contribution in [0.25, 0.3) is 10.1 Å². The highest BCUT2D eigenvalue weighted by Crippen LogP contribution is 2.34. The largest absolute Gasteiger partial charge is 0.365 e. The van der Waals surface area contributed by atoms with Gasteiger partial charge in [0, 0.05) is 43.2 Å². The van der Waals surface area contributed by atoms with E-state index in [1.165, 1.54) is 11.3 Å². The van der Waals surface area contributed by atoms with E-state index >= 15 is 0 Å². The number of benzene rings is 1. The molecule has 2 N–H and O–H groups in total. The minimum Gasteiger partial charge on any atom is -0.365 e. The highest BCUT2D eigenvalue weighted by Gasteiger charge is 2.34. The van der Waals surface area contributed by atoms with Crippen LogP contribution in [-0.2, 0) is 16.0 Å². The Labute approximate surface area is 181 Å².